The Bertz CT molecular complexity index is 1000. The SMILES string of the molecule is COc1ccc(N(CC(=O)NC2CCCCCC2)S(=O)(=O)c2ccc(C)cc2)cc1Cl. The molecule has 0 spiro atoms. The van der Waals surface area contributed by atoms with Gasteiger partial charge in [0.05, 0.1) is 22.7 Å². The molecule has 1 saturated carbocycles. The summed E-state index contributed by atoms with van der Waals surface area (Å²) in [6.45, 7) is 1.56. The Labute approximate surface area is 189 Å². The van der Waals surface area contributed by atoms with Gasteiger partial charge in [-0.2, -0.15) is 0 Å². The Morgan fingerprint density at radius 1 is 1.10 bits per heavy atom. The van der Waals surface area contributed by atoms with Crippen LogP contribution in [0.5, 0.6) is 5.75 Å². The van der Waals surface area contributed by atoms with E-state index in [1.807, 2.05) is 6.92 Å². The van der Waals surface area contributed by atoms with E-state index in [0.29, 0.717) is 11.4 Å². The fourth-order valence-corrected chi connectivity index (χ4v) is 5.46. The minimum atomic E-state index is -3.98. The van der Waals surface area contributed by atoms with Gasteiger partial charge in [0.1, 0.15) is 12.3 Å². The number of sulfonamides is 1. The molecule has 2 aromatic carbocycles. The lowest BCUT2D eigenvalue weighted by Crippen LogP contribution is -2.44. The quantitative estimate of drug-likeness (QED) is 0.603. The minimum Gasteiger partial charge on any atom is -0.495 e. The molecule has 168 valence electrons. The van der Waals surface area contributed by atoms with Gasteiger partial charge in [0, 0.05) is 6.04 Å². The number of ether oxygens (including phenoxy) is 1. The van der Waals surface area contributed by atoms with Gasteiger partial charge in [-0.05, 0) is 50.1 Å². The summed E-state index contributed by atoms with van der Waals surface area (Å²) in [5.41, 5.74) is 1.26. The van der Waals surface area contributed by atoms with Crippen LogP contribution in [-0.2, 0) is 14.8 Å². The molecule has 1 amide bonds. The summed E-state index contributed by atoms with van der Waals surface area (Å²) in [6, 6.07) is 11.3. The predicted octanol–water partition coefficient (Wildman–Crippen LogP) is 4.69. The molecule has 2 aromatic rings. The smallest absolute Gasteiger partial charge is 0.264 e. The Hall–Kier alpha value is -2.25. The molecule has 8 heteroatoms. The Kier molecular flexibility index (Phi) is 7.84. The molecule has 0 atom stereocenters. The van der Waals surface area contributed by atoms with Gasteiger partial charge in [-0.25, -0.2) is 8.42 Å². The monoisotopic (exact) mass is 464 g/mol. The van der Waals surface area contributed by atoms with E-state index in [0.717, 1.165) is 35.6 Å². The Morgan fingerprint density at radius 3 is 2.32 bits per heavy atom. The Morgan fingerprint density at radius 2 is 1.74 bits per heavy atom. The highest BCUT2D eigenvalue weighted by Crippen LogP contribution is 2.32. The molecule has 1 N–H and O–H groups in total. The predicted molar refractivity (Wildman–Crippen MR) is 123 cm³/mol. The van der Waals surface area contributed by atoms with Crippen molar-refractivity contribution in [1.82, 2.24) is 5.32 Å². The number of anilines is 1. The summed E-state index contributed by atoms with van der Waals surface area (Å²) in [5.74, 6) is 0.107. The molecule has 31 heavy (non-hydrogen) atoms. The summed E-state index contributed by atoms with van der Waals surface area (Å²) >= 11 is 6.25. The molecule has 6 nitrogen and oxygen atoms in total. The van der Waals surface area contributed by atoms with Gasteiger partial charge >= 0.3 is 0 Å². The van der Waals surface area contributed by atoms with Crippen molar-refractivity contribution in [2.45, 2.75) is 56.4 Å². The van der Waals surface area contributed by atoms with Gasteiger partial charge in [0.25, 0.3) is 10.0 Å². The maximum Gasteiger partial charge on any atom is 0.264 e. The molecule has 0 bridgehead atoms. The van der Waals surface area contributed by atoms with E-state index in [1.165, 1.54) is 26.0 Å². The van der Waals surface area contributed by atoms with E-state index in [4.69, 9.17) is 16.3 Å². The fourth-order valence-electron chi connectivity index (χ4n) is 3.79. The first-order valence-corrected chi connectivity index (χ1v) is 12.4. The molecule has 1 fully saturated rings. The van der Waals surface area contributed by atoms with Crippen LogP contribution in [-0.4, -0.2) is 34.0 Å². The zero-order chi connectivity index (χ0) is 22.4. The topological polar surface area (TPSA) is 75.7 Å². The van der Waals surface area contributed by atoms with Crippen LogP contribution in [0, 0.1) is 6.92 Å². The lowest BCUT2D eigenvalue weighted by atomic mass is 10.1. The van der Waals surface area contributed by atoms with Crippen molar-refractivity contribution < 1.29 is 17.9 Å². The summed E-state index contributed by atoms with van der Waals surface area (Å²) in [4.78, 5) is 13.0. The second-order valence-electron chi connectivity index (χ2n) is 7.90. The third-order valence-corrected chi connectivity index (χ3v) is 7.62. The van der Waals surface area contributed by atoms with Gasteiger partial charge < -0.3 is 10.1 Å². The molecular formula is C23H29ClN2O4S. The van der Waals surface area contributed by atoms with E-state index < -0.39 is 10.0 Å². The van der Waals surface area contributed by atoms with Crippen LogP contribution in [0.3, 0.4) is 0 Å². The standard InChI is InChI=1S/C23H29ClN2O4S/c1-17-9-12-20(13-10-17)31(28,29)26(19-11-14-22(30-2)21(24)15-19)16-23(27)25-18-7-5-3-4-6-8-18/h9-15,18H,3-8,16H2,1-2H3,(H,25,27). The highest BCUT2D eigenvalue weighted by Gasteiger charge is 2.28. The number of carbonyl (C=O) groups is 1. The van der Waals surface area contributed by atoms with Crippen LogP contribution in [0.4, 0.5) is 5.69 Å². The summed E-state index contributed by atoms with van der Waals surface area (Å²) in [7, 11) is -2.49. The second kappa shape index (κ2) is 10.4. The van der Waals surface area contributed by atoms with Crippen molar-refractivity contribution in [3.63, 3.8) is 0 Å². The summed E-state index contributed by atoms with van der Waals surface area (Å²) < 4.78 is 33.2. The molecule has 3 rings (SSSR count). The number of aryl methyl sites for hydroxylation is 1. The number of benzene rings is 2. The minimum absolute atomic E-state index is 0.0818. The van der Waals surface area contributed by atoms with Gasteiger partial charge in [-0.15, -0.1) is 0 Å². The van der Waals surface area contributed by atoms with Crippen molar-refractivity contribution in [2.75, 3.05) is 18.0 Å². The molecule has 0 saturated heterocycles. The van der Waals surface area contributed by atoms with Gasteiger partial charge in [-0.3, -0.25) is 9.10 Å². The molecule has 1 aliphatic rings. The van der Waals surface area contributed by atoms with Crippen LogP contribution in [0.25, 0.3) is 0 Å². The molecule has 1 aliphatic carbocycles. The van der Waals surface area contributed by atoms with Crippen molar-refractivity contribution in [3.8, 4) is 5.75 Å². The second-order valence-corrected chi connectivity index (χ2v) is 10.2. The van der Waals surface area contributed by atoms with Crippen LogP contribution < -0.4 is 14.4 Å². The Balaban J connectivity index is 1.91. The van der Waals surface area contributed by atoms with E-state index >= 15 is 0 Å². The maximum atomic E-state index is 13.5. The highest BCUT2D eigenvalue weighted by molar-refractivity contribution is 7.92. The number of hydrogen-bond donors (Lipinski definition) is 1. The normalized spacial score (nSPS) is 15.2. The van der Waals surface area contributed by atoms with Crippen LogP contribution in [0.1, 0.15) is 44.1 Å². The van der Waals surface area contributed by atoms with Gasteiger partial charge in [-0.1, -0.05) is 55.0 Å². The van der Waals surface area contributed by atoms with Gasteiger partial charge in [0.2, 0.25) is 5.91 Å². The fraction of sp³-hybridized carbons (Fsp3) is 0.435. The summed E-state index contributed by atoms with van der Waals surface area (Å²) in [6.07, 6.45) is 6.33. The van der Waals surface area contributed by atoms with Crippen molar-refractivity contribution >= 4 is 33.2 Å². The number of nitrogens with one attached hydrogen (secondary N) is 1. The number of hydrogen-bond acceptors (Lipinski definition) is 4. The van der Waals surface area contributed by atoms with Gasteiger partial charge in [0.15, 0.2) is 0 Å². The van der Waals surface area contributed by atoms with E-state index in [-0.39, 0.29) is 28.4 Å². The largest absolute Gasteiger partial charge is 0.495 e. The van der Waals surface area contributed by atoms with E-state index in [9.17, 15) is 13.2 Å². The number of nitrogens with zero attached hydrogens (tertiary/aromatic N) is 1. The first-order valence-electron chi connectivity index (χ1n) is 10.5. The maximum absolute atomic E-state index is 13.5. The van der Waals surface area contributed by atoms with Crippen LogP contribution in [0.2, 0.25) is 5.02 Å². The number of carbonyl (C=O) groups excluding carboxylic acids is 1. The summed E-state index contributed by atoms with van der Waals surface area (Å²) in [5, 5.41) is 3.30. The lowest BCUT2D eigenvalue weighted by molar-refractivity contribution is -0.120. The zero-order valence-corrected chi connectivity index (χ0v) is 19.5. The van der Waals surface area contributed by atoms with E-state index in [1.54, 1.807) is 36.4 Å². The number of methoxy groups -OCH3 is 1. The number of amides is 1. The van der Waals surface area contributed by atoms with Crippen molar-refractivity contribution in [3.05, 3.63) is 53.1 Å². The first kappa shape index (κ1) is 23.4. The molecule has 0 aliphatic heterocycles. The third-order valence-electron chi connectivity index (χ3n) is 5.54. The molecule has 0 radical (unpaired) electrons. The lowest BCUT2D eigenvalue weighted by Gasteiger charge is -2.26. The first-order chi connectivity index (χ1) is 14.8. The molecular weight excluding hydrogens is 436 g/mol. The van der Waals surface area contributed by atoms with Crippen LogP contribution in [0.15, 0.2) is 47.4 Å². The van der Waals surface area contributed by atoms with E-state index in [2.05, 4.69) is 5.32 Å². The highest BCUT2D eigenvalue weighted by atomic mass is 35.5. The third kappa shape index (κ3) is 5.92. The van der Waals surface area contributed by atoms with Crippen molar-refractivity contribution in [2.24, 2.45) is 0 Å². The average Bonchev–Trinajstić information content (AvgIpc) is 3.01. The molecule has 0 aromatic heterocycles. The van der Waals surface area contributed by atoms with Crippen LogP contribution >= 0.6 is 11.6 Å². The number of halogens is 1. The van der Waals surface area contributed by atoms with Crippen molar-refractivity contribution in [1.29, 1.82) is 0 Å². The zero-order valence-electron chi connectivity index (χ0n) is 17.9. The molecule has 0 heterocycles. The molecule has 0 unspecified atom stereocenters. The number of rotatable bonds is 7. The average molecular weight is 465 g/mol.